The van der Waals surface area contributed by atoms with Gasteiger partial charge in [-0.05, 0) is 41.4 Å². The number of halogens is 3. The van der Waals surface area contributed by atoms with Crippen LogP contribution >= 0.6 is 11.6 Å². The molecule has 5 heteroatoms. The van der Waals surface area contributed by atoms with Gasteiger partial charge in [-0.1, -0.05) is 0 Å². The highest BCUT2D eigenvalue weighted by Gasteiger charge is 2.12. The minimum atomic E-state index is -0.717. The Hall–Kier alpha value is -1.68. The molecule has 0 fully saturated rings. The molecule has 1 aromatic carbocycles. The third-order valence-electron chi connectivity index (χ3n) is 2.14. The molecule has 0 aliphatic heterocycles. The molecule has 2 rings (SSSR count). The molecule has 0 saturated carbocycles. The molecule has 17 heavy (non-hydrogen) atoms. The van der Waals surface area contributed by atoms with Crippen LogP contribution in [0.5, 0.6) is 0 Å². The lowest BCUT2D eigenvalue weighted by Gasteiger charge is -2.00. The molecule has 0 unspecified atom stereocenters. The van der Waals surface area contributed by atoms with E-state index < -0.39 is 11.6 Å². The minimum Gasteiger partial charge on any atom is -0.442 e. The van der Waals surface area contributed by atoms with Gasteiger partial charge in [-0.2, -0.15) is 0 Å². The molecule has 1 aromatic heterocycles. The number of hydrogen-bond donors (Lipinski definition) is 0. The first-order valence-electron chi connectivity index (χ1n) is 4.78. The first kappa shape index (κ1) is 11.8. The minimum absolute atomic E-state index is 0.0691. The third-order valence-corrected chi connectivity index (χ3v) is 2.34. The smallest absolute Gasteiger partial charge is 0.202 e. The summed E-state index contributed by atoms with van der Waals surface area (Å²) in [6.07, 6.45) is -0.140. The highest BCUT2D eigenvalue weighted by Crippen LogP contribution is 2.16. The van der Waals surface area contributed by atoms with Crippen molar-refractivity contribution in [3.05, 3.63) is 58.5 Å². The van der Waals surface area contributed by atoms with E-state index in [-0.39, 0.29) is 28.7 Å². The van der Waals surface area contributed by atoms with Crippen molar-refractivity contribution in [2.75, 3.05) is 0 Å². The summed E-state index contributed by atoms with van der Waals surface area (Å²) < 4.78 is 30.7. The number of rotatable bonds is 3. The van der Waals surface area contributed by atoms with Crippen LogP contribution in [0.3, 0.4) is 0 Å². The van der Waals surface area contributed by atoms with Crippen molar-refractivity contribution >= 4 is 17.4 Å². The van der Waals surface area contributed by atoms with Crippen LogP contribution in [0.2, 0.25) is 5.22 Å². The molecule has 0 spiro atoms. The number of furan rings is 1. The fourth-order valence-electron chi connectivity index (χ4n) is 1.45. The second-order valence-corrected chi connectivity index (χ2v) is 3.85. The van der Waals surface area contributed by atoms with Gasteiger partial charge < -0.3 is 4.42 Å². The van der Waals surface area contributed by atoms with Crippen LogP contribution in [0.1, 0.15) is 16.1 Å². The predicted octanol–water partition coefficient (Wildman–Crippen LogP) is 3.64. The zero-order chi connectivity index (χ0) is 12.4. The molecule has 0 N–H and O–H groups in total. The van der Waals surface area contributed by atoms with Crippen LogP contribution in [0, 0.1) is 11.6 Å². The first-order chi connectivity index (χ1) is 8.04. The first-order valence-corrected chi connectivity index (χ1v) is 5.16. The second kappa shape index (κ2) is 4.67. The van der Waals surface area contributed by atoms with E-state index >= 15 is 0 Å². The Kier molecular flexibility index (Phi) is 3.24. The maximum Gasteiger partial charge on any atom is 0.202 e. The number of benzene rings is 1. The summed E-state index contributed by atoms with van der Waals surface area (Å²) in [7, 11) is 0. The summed E-state index contributed by atoms with van der Waals surface area (Å²) in [4.78, 5) is 11.7. The molecule has 0 atom stereocenters. The van der Waals surface area contributed by atoms with Crippen molar-refractivity contribution in [3.63, 3.8) is 0 Å². The zero-order valence-electron chi connectivity index (χ0n) is 8.54. The van der Waals surface area contributed by atoms with Gasteiger partial charge in [-0.25, -0.2) is 8.78 Å². The van der Waals surface area contributed by atoms with Crippen LogP contribution in [0.15, 0.2) is 34.7 Å². The normalized spacial score (nSPS) is 10.5. The number of carbonyl (C=O) groups excluding carboxylic acids is 1. The predicted molar refractivity (Wildman–Crippen MR) is 58.1 cm³/mol. The maximum atomic E-state index is 12.9. The van der Waals surface area contributed by atoms with E-state index in [4.69, 9.17) is 16.0 Å². The summed E-state index contributed by atoms with van der Waals surface area (Å²) in [5, 5.41) is 0.0961. The average molecular weight is 257 g/mol. The zero-order valence-corrected chi connectivity index (χ0v) is 9.30. The fraction of sp³-hybridized carbons (Fsp3) is 0.0833. The molecule has 0 saturated heterocycles. The van der Waals surface area contributed by atoms with Gasteiger partial charge in [-0.15, -0.1) is 0 Å². The van der Waals surface area contributed by atoms with E-state index in [0.717, 1.165) is 18.2 Å². The van der Waals surface area contributed by atoms with Crippen molar-refractivity contribution in [2.45, 2.75) is 6.42 Å². The fourth-order valence-corrected chi connectivity index (χ4v) is 1.60. The summed E-state index contributed by atoms with van der Waals surface area (Å²) in [6, 6.07) is 5.80. The lowest BCUT2D eigenvalue weighted by atomic mass is 10.1. The van der Waals surface area contributed by atoms with Crippen molar-refractivity contribution in [2.24, 2.45) is 0 Å². The Labute approximate surface area is 101 Å². The molecule has 0 aliphatic rings. The molecule has 1 heterocycles. The highest BCUT2D eigenvalue weighted by molar-refractivity contribution is 6.29. The molecule has 0 radical (unpaired) electrons. The Morgan fingerprint density at radius 3 is 2.35 bits per heavy atom. The Morgan fingerprint density at radius 1 is 1.18 bits per heavy atom. The molecule has 88 valence electrons. The molecule has 0 amide bonds. The largest absolute Gasteiger partial charge is 0.442 e. The number of ketones is 1. The Balaban J connectivity index is 2.18. The van der Waals surface area contributed by atoms with Gasteiger partial charge in [-0.3, -0.25) is 4.79 Å². The summed E-state index contributed by atoms with van der Waals surface area (Å²) in [5.74, 6) is -1.75. The average Bonchev–Trinajstić information content (AvgIpc) is 2.63. The quantitative estimate of drug-likeness (QED) is 0.785. The number of carbonyl (C=O) groups is 1. The monoisotopic (exact) mass is 256 g/mol. The third kappa shape index (κ3) is 2.91. The van der Waals surface area contributed by atoms with E-state index in [2.05, 4.69) is 0 Å². The van der Waals surface area contributed by atoms with Crippen LogP contribution < -0.4 is 0 Å². The van der Waals surface area contributed by atoms with Gasteiger partial charge in [0, 0.05) is 12.5 Å². The summed E-state index contributed by atoms with van der Waals surface area (Å²) in [6.45, 7) is 0. The van der Waals surface area contributed by atoms with E-state index in [9.17, 15) is 13.6 Å². The SMILES string of the molecule is O=C(Cc1cc(F)cc(F)c1)c1ccc(Cl)o1. The maximum absolute atomic E-state index is 12.9. The van der Waals surface area contributed by atoms with E-state index in [1.54, 1.807) is 0 Å². The Bertz CT molecular complexity index is 543. The van der Waals surface area contributed by atoms with Crippen molar-refractivity contribution < 1.29 is 18.0 Å². The topological polar surface area (TPSA) is 30.2 Å². The van der Waals surface area contributed by atoms with Gasteiger partial charge in [0.2, 0.25) is 5.78 Å². The van der Waals surface area contributed by atoms with Crippen LogP contribution in [0.4, 0.5) is 8.78 Å². The standard InChI is InChI=1S/C12H7ClF2O2/c13-12-2-1-11(17-12)10(16)5-7-3-8(14)6-9(15)4-7/h1-4,6H,5H2. The molecular formula is C12H7ClF2O2. The van der Waals surface area contributed by atoms with Gasteiger partial charge in [0.25, 0.3) is 0 Å². The van der Waals surface area contributed by atoms with Crippen molar-refractivity contribution in [1.82, 2.24) is 0 Å². The van der Waals surface area contributed by atoms with Gasteiger partial charge in [0.15, 0.2) is 11.0 Å². The van der Waals surface area contributed by atoms with Crippen molar-refractivity contribution in [3.8, 4) is 0 Å². The molecule has 2 aromatic rings. The van der Waals surface area contributed by atoms with Gasteiger partial charge >= 0.3 is 0 Å². The molecule has 2 nitrogen and oxygen atoms in total. The van der Waals surface area contributed by atoms with Crippen LogP contribution in [0.25, 0.3) is 0 Å². The van der Waals surface area contributed by atoms with Crippen LogP contribution in [-0.4, -0.2) is 5.78 Å². The molecule has 0 bridgehead atoms. The summed E-state index contributed by atoms with van der Waals surface area (Å²) >= 11 is 5.52. The van der Waals surface area contributed by atoms with Crippen molar-refractivity contribution in [1.29, 1.82) is 0 Å². The summed E-state index contributed by atoms with van der Waals surface area (Å²) in [5.41, 5.74) is 0.250. The van der Waals surface area contributed by atoms with E-state index in [0.29, 0.717) is 0 Å². The van der Waals surface area contributed by atoms with Crippen LogP contribution in [-0.2, 0) is 6.42 Å². The number of Topliss-reactive ketones (excluding diaryl/α,β-unsaturated/α-hetero) is 1. The Morgan fingerprint density at radius 2 is 1.82 bits per heavy atom. The van der Waals surface area contributed by atoms with Gasteiger partial charge in [0.05, 0.1) is 0 Å². The second-order valence-electron chi connectivity index (χ2n) is 3.48. The van der Waals surface area contributed by atoms with Gasteiger partial charge in [0.1, 0.15) is 11.6 Å². The lowest BCUT2D eigenvalue weighted by Crippen LogP contribution is -2.02. The lowest BCUT2D eigenvalue weighted by molar-refractivity contribution is 0.0966. The molecular weight excluding hydrogens is 250 g/mol. The molecule has 0 aliphatic carbocycles. The van der Waals surface area contributed by atoms with E-state index in [1.807, 2.05) is 0 Å². The number of hydrogen-bond acceptors (Lipinski definition) is 2. The highest BCUT2D eigenvalue weighted by atomic mass is 35.5. The van der Waals surface area contributed by atoms with E-state index in [1.165, 1.54) is 12.1 Å².